The maximum atomic E-state index is 3.34. The Kier molecular flexibility index (Phi) is 2.93. The van der Waals surface area contributed by atoms with Crippen molar-refractivity contribution in [1.29, 1.82) is 0 Å². The van der Waals surface area contributed by atoms with Crippen LogP contribution in [0.25, 0.3) is 11.1 Å². The van der Waals surface area contributed by atoms with Crippen LogP contribution in [0.3, 0.4) is 0 Å². The molecule has 0 spiro atoms. The number of rotatable bonds is 3. The lowest BCUT2D eigenvalue weighted by Crippen LogP contribution is -2.43. The van der Waals surface area contributed by atoms with Crippen molar-refractivity contribution in [2.24, 2.45) is 5.92 Å². The Balaban J connectivity index is 1.92. The molecule has 2 aromatic carbocycles. The number of nitrogens with one attached hydrogen (secondary N) is 1. The number of benzene rings is 2. The van der Waals surface area contributed by atoms with Gasteiger partial charge in [-0.25, -0.2) is 0 Å². The molecule has 0 unspecified atom stereocenters. The fourth-order valence-corrected chi connectivity index (χ4v) is 2.40. The van der Waals surface area contributed by atoms with Crippen molar-refractivity contribution in [1.82, 2.24) is 5.32 Å². The second kappa shape index (κ2) is 4.72. The van der Waals surface area contributed by atoms with E-state index in [1.807, 2.05) is 0 Å². The summed E-state index contributed by atoms with van der Waals surface area (Å²) in [5.74, 6) is 0.819. The van der Waals surface area contributed by atoms with E-state index in [4.69, 9.17) is 0 Å². The third-order valence-electron chi connectivity index (χ3n) is 3.48. The molecule has 1 aliphatic heterocycles. The molecule has 0 saturated carbocycles. The summed E-state index contributed by atoms with van der Waals surface area (Å²) in [6.45, 7) is 2.34. The smallest absolute Gasteiger partial charge is 0.000506 e. The Labute approximate surface area is 102 Å². The predicted molar refractivity (Wildman–Crippen MR) is 71.9 cm³/mol. The van der Waals surface area contributed by atoms with Crippen molar-refractivity contribution in [3.63, 3.8) is 0 Å². The molecule has 1 nitrogen and oxygen atoms in total. The lowest BCUT2D eigenvalue weighted by molar-refractivity contribution is 0.347. The van der Waals surface area contributed by atoms with Gasteiger partial charge in [-0.1, -0.05) is 54.6 Å². The molecule has 0 radical (unpaired) electrons. The third-order valence-corrected chi connectivity index (χ3v) is 3.48. The lowest BCUT2D eigenvalue weighted by atomic mass is 9.89. The summed E-state index contributed by atoms with van der Waals surface area (Å²) in [6, 6.07) is 19.4. The lowest BCUT2D eigenvalue weighted by Gasteiger charge is -2.27. The normalized spacial score (nSPS) is 15.5. The van der Waals surface area contributed by atoms with Crippen LogP contribution in [0.2, 0.25) is 0 Å². The van der Waals surface area contributed by atoms with Gasteiger partial charge >= 0.3 is 0 Å². The van der Waals surface area contributed by atoms with Gasteiger partial charge in [0, 0.05) is 0 Å². The minimum Gasteiger partial charge on any atom is -0.316 e. The Bertz CT molecular complexity index is 486. The first kappa shape index (κ1) is 10.5. The van der Waals surface area contributed by atoms with Crippen molar-refractivity contribution in [2.75, 3.05) is 13.1 Å². The molecule has 1 aliphatic rings. The van der Waals surface area contributed by atoms with Gasteiger partial charge in [-0.05, 0) is 42.1 Å². The van der Waals surface area contributed by atoms with E-state index >= 15 is 0 Å². The molecule has 0 amide bonds. The van der Waals surface area contributed by atoms with Crippen LogP contribution < -0.4 is 5.32 Å². The van der Waals surface area contributed by atoms with Gasteiger partial charge < -0.3 is 5.32 Å². The summed E-state index contributed by atoms with van der Waals surface area (Å²) in [7, 11) is 0. The molecular weight excluding hydrogens is 206 g/mol. The molecule has 1 fully saturated rings. The summed E-state index contributed by atoms with van der Waals surface area (Å²) in [6.07, 6.45) is 1.19. The second-order valence-electron chi connectivity index (χ2n) is 4.75. The largest absolute Gasteiger partial charge is 0.316 e. The van der Waals surface area contributed by atoms with Crippen LogP contribution in [0.1, 0.15) is 5.56 Å². The molecular formula is C16H17N. The van der Waals surface area contributed by atoms with E-state index < -0.39 is 0 Å². The van der Waals surface area contributed by atoms with Crippen LogP contribution in [-0.2, 0) is 6.42 Å². The zero-order valence-electron chi connectivity index (χ0n) is 9.89. The van der Waals surface area contributed by atoms with Gasteiger partial charge in [0.2, 0.25) is 0 Å². The van der Waals surface area contributed by atoms with Gasteiger partial charge in [-0.3, -0.25) is 0 Å². The molecule has 0 aromatic heterocycles. The highest BCUT2D eigenvalue weighted by molar-refractivity contribution is 5.67. The van der Waals surface area contributed by atoms with Crippen molar-refractivity contribution >= 4 is 0 Å². The zero-order chi connectivity index (χ0) is 11.5. The first-order chi connectivity index (χ1) is 8.43. The topological polar surface area (TPSA) is 12.0 Å². The monoisotopic (exact) mass is 223 g/mol. The molecule has 1 heterocycles. The molecule has 3 rings (SSSR count). The van der Waals surface area contributed by atoms with Crippen molar-refractivity contribution in [3.05, 3.63) is 60.2 Å². The van der Waals surface area contributed by atoms with Gasteiger partial charge in [-0.2, -0.15) is 0 Å². The third kappa shape index (κ3) is 2.25. The van der Waals surface area contributed by atoms with E-state index in [2.05, 4.69) is 59.9 Å². The summed E-state index contributed by atoms with van der Waals surface area (Å²) in [4.78, 5) is 0. The first-order valence-corrected chi connectivity index (χ1v) is 6.27. The van der Waals surface area contributed by atoms with Gasteiger partial charge in [0.05, 0.1) is 0 Å². The predicted octanol–water partition coefficient (Wildman–Crippen LogP) is 3.12. The Hall–Kier alpha value is -1.60. The minimum absolute atomic E-state index is 0.819. The standard InChI is InChI=1S/C16H17N/c1-2-6-14(7-3-1)16-9-5-4-8-15(16)10-13-11-17-12-13/h1-9,13,17H,10-12H2. The molecule has 0 atom stereocenters. The molecule has 0 aliphatic carbocycles. The quantitative estimate of drug-likeness (QED) is 0.843. The van der Waals surface area contributed by atoms with E-state index in [-0.39, 0.29) is 0 Å². The van der Waals surface area contributed by atoms with Crippen LogP contribution in [0.15, 0.2) is 54.6 Å². The maximum Gasteiger partial charge on any atom is -0.000506 e. The van der Waals surface area contributed by atoms with E-state index in [1.54, 1.807) is 0 Å². The second-order valence-corrected chi connectivity index (χ2v) is 4.75. The van der Waals surface area contributed by atoms with Crippen LogP contribution in [0.4, 0.5) is 0 Å². The fourth-order valence-electron chi connectivity index (χ4n) is 2.40. The van der Waals surface area contributed by atoms with Gasteiger partial charge in [0.15, 0.2) is 0 Å². The summed E-state index contributed by atoms with van der Waals surface area (Å²) < 4.78 is 0. The summed E-state index contributed by atoms with van der Waals surface area (Å²) >= 11 is 0. The molecule has 0 bridgehead atoms. The van der Waals surface area contributed by atoms with E-state index in [0.717, 1.165) is 5.92 Å². The highest BCUT2D eigenvalue weighted by Gasteiger charge is 2.18. The molecule has 1 N–H and O–H groups in total. The van der Waals surface area contributed by atoms with Crippen molar-refractivity contribution in [2.45, 2.75) is 6.42 Å². The van der Waals surface area contributed by atoms with Gasteiger partial charge in [-0.15, -0.1) is 0 Å². The van der Waals surface area contributed by atoms with E-state index in [9.17, 15) is 0 Å². The highest BCUT2D eigenvalue weighted by Crippen LogP contribution is 2.26. The van der Waals surface area contributed by atoms with Gasteiger partial charge in [0.1, 0.15) is 0 Å². The molecule has 2 aromatic rings. The average molecular weight is 223 g/mol. The molecule has 86 valence electrons. The Morgan fingerprint density at radius 3 is 2.29 bits per heavy atom. The molecule has 1 heteroatoms. The van der Waals surface area contributed by atoms with Crippen molar-refractivity contribution in [3.8, 4) is 11.1 Å². The Morgan fingerprint density at radius 1 is 0.882 bits per heavy atom. The fraction of sp³-hybridized carbons (Fsp3) is 0.250. The molecule has 17 heavy (non-hydrogen) atoms. The van der Waals surface area contributed by atoms with E-state index in [1.165, 1.54) is 36.2 Å². The average Bonchev–Trinajstić information content (AvgIpc) is 2.35. The summed E-state index contributed by atoms with van der Waals surface area (Å²) in [5.41, 5.74) is 4.19. The first-order valence-electron chi connectivity index (χ1n) is 6.27. The molecule has 1 saturated heterocycles. The minimum atomic E-state index is 0.819. The number of hydrogen-bond donors (Lipinski definition) is 1. The van der Waals surface area contributed by atoms with E-state index in [0.29, 0.717) is 0 Å². The number of hydrogen-bond acceptors (Lipinski definition) is 1. The van der Waals surface area contributed by atoms with Crippen LogP contribution in [0, 0.1) is 5.92 Å². The maximum absolute atomic E-state index is 3.34. The van der Waals surface area contributed by atoms with Crippen LogP contribution in [0.5, 0.6) is 0 Å². The van der Waals surface area contributed by atoms with Crippen molar-refractivity contribution < 1.29 is 0 Å². The summed E-state index contributed by atoms with van der Waals surface area (Å²) in [5, 5.41) is 3.34. The van der Waals surface area contributed by atoms with Crippen LogP contribution >= 0.6 is 0 Å². The zero-order valence-corrected chi connectivity index (χ0v) is 9.89. The van der Waals surface area contributed by atoms with Gasteiger partial charge in [0.25, 0.3) is 0 Å². The highest BCUT2D eigenvalue weighted by atomic mass is 14.9. The Morgan fingerprint density at radius 2 is 1.59 bits per heavy atom. The van der Waals surface area contributed by atoms with Crippen LogP contribution in [-0.4, -0.2) is 13.1 Å². The SMILES string of the molecule is c1ccc(-c2ccccc2CC2CNC2)cc1.